The van der Waals surface area contributed by atoms with E-state index in [0.29, 0.717) is 5.41 Å². The van der Waals surface area contributed by atoms with Crippen molar-refractivity contribution in [3.63, 3.8) is 0 Å². The Labute approximate surface area is 107 Å². The van der Waals surface area contributed by atoms with Crippen LogP contribution >= 0.6 is 0 Å². The maximum atomic E-state index is 5.61. The second-order valence-electron chi connectivity index (χ2n) is 6.07. The van der Waals surface area contributed by atoms with E-state index in [0.717, 1.165) is 25.0 Å². The first-order chi connectivity index (χ1) is 8.30. The minimum atomic E-state index is 0.577. The van der Waals surface area contributed by atoms with Crippen LogP contribution in [0.4, 0.5) is 0 Å². The fourth-order valence-electron chi connectivity index (χ4n) is 4.10. The van der Waals surface area contributed by atoms with Crippen molar-refractivity contribution in [3.05, 3.63) is 0 Å². The van der Waals surface area contributed by atoms with E-state index in [9.17, 15) is 0 Å². The lowest BCUT2D eigenvalue weighted by Gasteiger charge is -2.38. The number of rotatable bonds is 8. The van der Waals surface area contributed by atoms with Gasteiger partial charge in [0.2, 0.25) is 0 Å². The quantitative estimate of drug-likeness (QED) is 0.657. The second-order valence-corrected chi connectivity index (χ2v) is 6.07. The topological polar surface area (TPSA) is 21.3 Å². The van der Waals surface area contributed by atoms with Gasteiger partial charge in [0.15, 0.2) is 0 Å². The summed E-state index contributed by atoms with van der Waals surface area (Å²) in [5.74, 6) is 2.02. The summed E-state index contributed by atoms with van der Waals surface area (Å²) >= 11 is 0. The molecule has 2 fully saturated rings. The van der Waals surface area contributed by atoms with Crippen molar-refractivity contribution in [2.24, 2.45) is 17.3 Å². The summed E-state index contributed by atoms with van der Waals surface area (Å²) < 4.78 is 5.61. The summed E-state index contributed by atoms with van der Waals surface area (Å²) in [7, 11) is 0. The van der Waals surface area contributed by atoms with Crippen LogP contribution in [0.25, 0.3) is 0 Å². The van der Waals surface area contributed by atoms with Gasteiger partial charge in [0.25, 0.3) is 0 Å². The van der Waals surface area contributed by atoms with E-state index in [1.807, 2.05) is 0 Å². The van der Waals surface area contributed by atoms with Crippen LogP contribution in [0.2, 0.25) is 0 Å². The van der Waals surface area contributed by atoms with Crippen LogP contribution < -0.4 is 5.32 Å². The minimum Gasteiger partial charge on any atom is -0.382 e. The fraction of sp³-hybridized carbons (Fsp3) is 1.00. The van der Waals surface area contributed by atoms with E-state index in [1.54, 1.807) is 0 Å². The molecule has 0 aromatic carbocycles. The van der Waals surface area contributed by atoms with Crippen molar-refractivity contribution in [2.45, 2.75) is 52.4 Å². The summed E-state index contributed by atoms with van der Waals surface area (Å²) in [5, 5.41) is 3.67. The SMILES string of the molecule is CCCNCC1(CCOCC)CC2CCC1C2. The highest BCUT2D eigenvalue weighted by molar-refractivity contribution is 5.01. The van der Waals surface area contributed by atoms with Gasteiger partial charge in [-0.05, 0) is 62.8 Å². The molecule has 3 atom stereocenters. The maximum Gasteiger partial charge on any atom is 0.0471 e. The lowest BCUT2D eigenvalue weighted by molar-refractivity contribution is 0.0684. The van der Waals surface area contributed by atoms with E-state index in [2.05, 4.69) is 19.2 Å². The number of fused-ring (bicyclic) bond motifs is 2. The van der Waals surface area contributed by atoms with Crippen molar-refractivity contribution in [2.75, 3.05) is 26.3 Å². The monoisotopic (exact) mass is 239 g/mol. The molecule has 2 bridgehead atoms. The van der Waals surface area contributed by atoms with Crippen LogP contribution in [0.5, 0.6) is 0 Å². The van der Waals surface area contributed by atoms with Crippen molar-refractivity contribution in [1.29, 1.82) is 0 Å². The highest BCUT2D eigenvalue weighted by Crippen LogP contribution is 2.57. The molecular formula is C15H29NO. The lowest BCUT2D eigenvalue weighted by atomic mass is 9.71. The van der Waals surface area contributed by atoms with Gasteiger partial charge >= 0.3 is 0 Å². The van der Waals surface area contributed by atoms with Crippen LogP contribution in [0.1, 0.15) is 52.4 Å². The normalized spacial score (nSPS) is 35.6. The Morgan fingerprint density at radius 2 is 2.18 bits per heavy atom. The molecule has 2 rings (SSSR count). The summed E-state index contributed by atoms with van der Waals surface area (Å²) in [4.78, 5) is 0. The third-order valence-electron chi connectivity index (χ3n) is 4.95. The largest absolute Gasteiger partial charge is 0.382 e. The van der Waals surface area contributed by atoms with Crippen LogP contribution in [-0.4, -0.2) is 26.3 Å². The zero-order valence-corrected chi connectivity index (χ0v) is 11.6. The van der Waals surface area contributed by atoms with Crippen molar-refractivity contribution < 1.29 is 4.74 Å². The van der Waals surface area contributed by atoms with E-state index in [4.69, 9.17) is 4.74 Å². The van der Waals surface area contributed by atoms with Gasteiger partial charge < -0.3 is 10.1 Å². The molecule has 0 saturated heterocycles. The summed E-state index contributed by atoms with van der Waals surface area (Å²) in [6.45, 7) is 8.59. The van der Waals surface area contributed by atoms with Gasteiger partial charge in [0, 0.05) is 19.8 Å². The fourth-order valence-corrected chi connectivity index (χ4v) is 4.10. The van der Waals surface area contributed by atoms with Gasteiger partial charge in [-0.3, -0.25) is 0 Å². The smallest absolute Gasteiger partial charge is 0.0471 e. The molecule has 0 aromatic heterocycles. The predicted molar refractivity (Wildman–Crippen MR) is 72.2 cm³/mol. The number of hydrogen-bond donors (Lipinski definition) is 1. The van der Waals surface area contributed by atoms with Gasteiger partial charge in [0.05, 0.1) is 0 Å². The Bertz CT molecular complexity index is 219. The average molecular weight is 239 g/mol. The first-order valence-corrected chi connectivity index (χ1v) is 7.59. The first kappa shape index (κ1) is 13.4. The van der Waals surface area contributed by atoms with E-state index >= 15 is 0 Å². The van der Waals surface area contributed by atoms with Crippen molar-refractivity contribution in [1.82, 2.24) is 5.32 Å². The molecule has 2 nitrogen and oxygen atoms in total. The molecule has 17 heavy (non-hydrogen) atoms. The third-order valence-corrected chi connectivity index (χ3v) is 4.95. The van der Waals surface area contributed by atoms with Gasteiger partial charge in [-0.1, -0.05) is 13.3 Å². The Hall–Kier alpha value is -0.0800. The van der Waals surface area contributed by atoms with E-state index < -0.39 is 0 Å². The van der Waals surface area contributed by atoms with Crippen LogP contribution in [-0.2, 0) is 4.74 Å². The molecule has 2 aliphatic carbocycles. The van der Waals surface area contributed by atoms with Gasteiger partial charge in [-0.15, -0.1) is 0 Å². The second kappa shape index (κ2) is 6.19. The molecule has 2 aliphatic rings. The van der Waals surface area contributed by atoms with Crippen molar-refractivity contribution in [3.8, 4) is 0 Å². The molecule has 3 unspecified atom stereocenters. The van der Waals surface area contributed by atoms with Crippen molar-refractivity contribution >= 4 is 0 Å². The van der Waals surface area contributed by atoms with Gasteiger partial charge in [0.1, 0.15) is 0 Å². The highest BCUT2D eigenvalue weighted by Gasteiger charge is 2.49. The Kier molecular flexibility index (Phi) is 4.87. The van der Waals surface area contributed by atoms with Gasteiger partial charge in [-0.2, -0.15) is 0 Å². The van der Waals surface area contributed by atoms with Crippen LogP contribution in [0.3, 0.4) is 0 Å². The first-order valence-electron chi connectivity index (χ1n) is 7.59. The molecule has 0 spiro atoms. The van der Waals surface area contributed by atoms with E-state index in [1.165, 1.54) is 51.6 Å². The zero-order chi connectivity index (χ0) is 12.1. The predicted octanol–water partition coefficient (Wildman–Crippen LogP) is 3.22. The number of nitrogens with one attached hydrogen (secondary N) is 1. The average Bonchev–Trinajstić information content (AvgIpc) is 2.90. The zero-order valence-electron chi connectivity index (χ0n) is 11.6. The third kappa shape index (κ3) is 3.03. The molecule has 0 aromatic rings. The molecule has 0 amide bonds. The molecular weight excluding hydrogens is 210 g/mol. The van der Waals surface area contributed by atoms with E-state index in [-0.39, 0.29) is 0 Å². The minimum absolute atomic E-state index is 0.577. The molecule has 0 aliphatic heterocycles. The molecule has 0 radical (unpaired) electrons. The molecule has 2 saturated carbocycles. The Morgan fingerprint density at radius 3 is 2.76 bits per heavy atom. The standard InChI is InChI=1S/C15H29NO/c1-3-8-16-12-15(7-9-17-4-2)11-13-5-6-14(15)10-13/h13-14,16H,3-12H2,1-2H3. The molecule has 2 heteroatoms. The Morgan fingerprint density at radius 1 is 1.29 bits per heavy atom. The van der Waals surface area contributed by atoms with Crippen LogP contribution in [0.15, 0.2) is 0 Å². The maximum absolute atomic E-state index is 5.61. The Balaban J connectivity index is 1.87. The molecule has 1 N–H and O–H groups in total. The van der Waals surface area contributed by atoms with Crippen LogP contribution in [0, 0.1) is 17.3 Å². The molecule has 0 heterocycles. The molecule has 100 valence electrons. The highest BCUT2D eigenvalue weighted by atomic mass is 16.5. The lowest BCUT2D eigenvalue weighted by Crippen LogP contribution is -2.40. The number of ether oxygens (including phenoxy) is 1. The number of hydrogen-bond acceptors (Lipinski definition) is 2. The summed E-state index contributed by atoms with van der Waals surface area (Å²) in [6, 6.07) is 0. The summed E-state index contributed by atoms with van der Waals surface area (Å²) in [6.07, 6.45) is 8.45. The summed E-state index contributed by atoms with van der Waals surface area (Å²) in [5.41, 5.74) is 0.577. The van der Waals surface area contributed by atoms with Gasteiger partial charge in [-0.25, -0.2) is 0 Å².